The van der Waals surface area contributed by atoms with Gasteiger partial charge in [0.25, 0.3) is 0 Å². The molecule has 2 aromatic rings. The molecule has 1 aromatic heterocycles. The summed E-state index contributed by atoms with van der Waals surface area (Å²) in [5.41, 5.74) is 7.38. The summed E-state index contributed by atoms with van der Waals surface area (Å²) >= 11 is 0. The van der Waals surface area contributed by atoms with E-state index in [1.165, 1.54) is 0 Å². The molecule has 5 nitrogen and oxygen atoms in total. The molecule has 0 aliphatic heterocycles. The molecule has 0 unspecified atom stereocenters. The molecule has 0 spiro atoms. The average molecular weight is 284 g/mol. The molecule has 108 valence electrons. The van der Waals surface area contributed by atoms with Crippen molar-refractivity contribution in [2.45, 2.75) is 19.3 Å². The molecule has 0 bridgehead atoms. The Labute approximate surface area is 123 Å². The molecular formula is C16H18N3O2+. The largest absolute Gasteiger partial charge is 0.380 e. The third kappa shape index (κ3) is 3.89. The monoisotopic (exact) mass is 284 g/mol. The van der Waals surface area contributed by atoms with Gasteiger partial charge in [-0.3, -0.25) is 0 Å². The van der Waals surface area contributed by atoms with Gasteiger partial charge in [-0.2, -0.15) is 0 Å². The Kier molecular flexibility index (Phi) is 5.04. The second-order valence-electron chi connectivity index (χ2n) is 4.55. The van der Waals surface area contributed by atoms with Crippen molar-refractivity contribution in [1.29, 1.82) is 0 Å². The van der Waals surface area contributed by atoms with Gasteiger partial charge in [0.2, 0.25) is 0 Å². The van der Waals surface area contributed by atoms with Crippen molar-refractivity contribution < 1.29 is 14.6 Å². The molecule has 0 saturated heterocycles. The number of carbonyl (C=O) groups is 1. The number of H-pyrrole nitrogens is 1. The number of oxime groups is 1. The van der Waals surface area contributed by atoms with Crippen molar-refractivity contribution in [3.8, 4) is 0 Å². The summed E-state index contributed by atoms with van der Waals surface area (Å²) in [6, 6.07) is 13.0. The maximum Gasteiger partial charge on any atom is 0.342 e. The van der Waals surface area contributed by atoms with Crippen LogP contribution in [-0.4, -0.2) is 11.8 Å². The van der Waals surface area contributed by atoms with Crippen molar-refractivity contribution >= 4 is 11.8 Å². The molecule has 0 amide bonds. The minimum atomic E-state index is -0.408. The Morgan fingerprint density at radius 3 is 2.52 bits per heavy atom. The predicted molar refractivity (Wildman–Crippen MR) is 79.3 cm³/mol. The van der Waals surface area contributed by atoms with E-state index >= 15 is 0 Å². The van der Waals surface area contributed by atoms with Crippen LogP contribution in [-0.2, 0) is 9.63 Å². The maximum absolute atomic E-state index is 12.1. The first-order valence-corrected chi connectivity index (χ1v) is 6.78. The summed E-state index contributed by atoms with van der Waals surface area (Å²) in [6.45, 7) is 1.93. The van der Waals surface area contributed by atoms with Crippen molar-refractivity contribution in [2.75, 3.05) is 0 Å². The molecule has 21 heavy (non-hydrogen) atoms. The Morgan fingerprint density at radius 2 is 1.90 bits per heavy atom. The fraction of sp³-hybridized carbons (Fsp3) is 0.188. The van der Waals surface area contributed by atoms with E-state index in [0.29, 0.717) is 12.0 Å². The smallest absolute Gasteiger partial charge is 0.342 e. The Balaban J connectivity index is 2.07. The number of aromatic amines is 1. The van der Waals surface area contributed by atoms with Crippen LogP contribution in [0.15, 0.2) is 60.0 Å². The number of hydrogen-bond donors (Lipinski definition) is 1. The van der Waals surface area contributed by atoms with E-state index in [2.05, 4.69) is 10.1 Å². The van der Waals surface area contributed by atoms with Crippen LogP contribution < -0.4 is 10.7 Å². The number of hydrogen-bond acceptors (Lipinski definition) is 3. The SMILES string of the molecule is CC[C@@H](C(=O)ON=C(N)c1cc[nH+]cc1)c1ccccc1. The van der Waals surface area contributed by atoms with Gasteiger partial charge in [-0.15, -0.1) is 0 Å². The molecule has 0 radical (unpaired) electrons. The highest BCUT2D eigenvalue weighted by Gasteiger charge is 2.20. The number of aromatic nitrogens is 1. The zero-order valence-corrected chi connectivity index (χ0v) is 11.8. The number of pyridine rings is 1. The minimum Gasteiger partial charge on any atom is -0.380 e. The zero-order valence-electron chi connectivity index (χ0n) is 11.8. The van der Waals surface area contributed by atoms with Crippen LogP contribution in [0.2, 0.25) is 0 Å². The highest BCUT2D eigenvalue weighted by Crippen LogP contribution is 2.20. The Morgan fingerprint density at radius 1 is 1.24 bits per heavy atom. The minimum absolute atomic E-state index is 0.167. The first kappa shape index (κ1) is 14.7. The quantitative estimate of drug-likeness (QED) is 0.394. The number of benzene rings is 1. The van der Waals surface area contributed by atoms with Crippen molar-refractivity contribution in [2.24, 2.45) is 10.9 Å². The van der Waals surface area contributed by atoms with Crippen LogP contribution in [0, 0.1) is 0 Å². The molecule has 1 atom stereocenters. The molecule has 5 heteroatoms. The molecule has 0 aliphatic carbocycles. The number of nitrogens with zero attached hydrogens (tertiary/aromatic N) is 1. The summed E-state index contributed by atoms with van der Waals surface area (Å²) in [5, 5.41) is 3.72. The van der Waals surface area contributed by atoms with E-state index < -0.39 is 5.97 Å². The molecular weight excluding hydrogens is 266 g/mol. The van der Waals surface area contributed by atoms with E-state index in [-0.39, 0.29) is 11.8 Å². The average Bonchev–Trinajstić information content (AvgIpc) is 2.55. The third-order valence-electron chi connectivity index (χ3n) is 3.14. The second-order valence-corrected chi connectivity index (χ2v) is 4.55. The summed E-state index contributed by atoms with van der Waals surface area (Å²) in [6.07, 6.45) is 4.08. The van der Waals surface area contributed by atoms with Gasteiger partial charge in [0, 0.05) is 17.7 Å². The maximum atomic E-state index is 12.1. The van der Waals surface area contributed by atoms with Crippen molar-refractivity contribution in [3.63, 3.8) is 0 Å². The topological polar surface area (TPSA) is 78.8 Å². The summed E-state index contributed by atoms with van der Waals surface area (Å²) in [5.74, 6) is -0.582. The molecule has 0 fully saturated rings. The van der Waals surface area contributed by atoms with Crippen molar-refractivity contribution in [1.82, 2.24) is 0 Å². The van der Waals surface area contributed by atoms with Crippen LogP contribution in [0.3, 0.4) is 0 Å². The second kappa shape index (κ2) is 7.19. The van der Waals surface area contributed by atoms with Gasteiger partial charge in [-0.25, -0.2) is 9.78 Å². The van der Waals surface area contributed by atoms with E-state index in [1.54, 1.807) is 24.5 Å². The first-order chi connectivity index (χ1) is 10.2. The van der Waals surface area contributed by atoms with Crippen LogP contribution in [0.1, 0.15) is 30.4 Å². The van der Waals surface area contributed by atoms with Gasteiger partial charge < -0.3 is 10.6 Å². The van der Waals surface area contributed by atoms with Gasteiger partial charge >= 0.3 is 5.97 Å². The van der Waals surface area contributed by atoms with Crippen LogP contribution in [0.25, 0.3) is 0 Å². The summed E-state index contributed by atoms with van der Waals surface area (Å²) < 4.78 is 0. The van der Waals surface area contributed by atoms with Crippen LogP contribution in [0.4, 0.5) is 0 Å². The molecule has 1 heterocycles. The van der Waals surface area contributed by atoms with Crippen LogP contribution in [0.5, 0.6) is 0 Å². The number of carbonyl (C=O) groups excluding carboxylic acids is 1. The van der Waals surface area contributed by atoms with Gasteiger partial charge in [0.1, 0.15) is 0 Å². The normalized spacial score (nSPS) is 12.7. The lowest BCUT2D eigenvalue weighted by Crippen LogP contribution is -2.18. The lowest BCUT2D eigenvalue weighted by atomic mass is 9.97. The molecule has 2 rings (SSSR count). The van der Waals surface area contributed by atoms with E-state index in [9.17, 15) is 4.79 Å². The summed E-state index contributed by atoms with van der Waals surface area (Å²) in [7, 11) is 0. The number of rotatable bonds is 5. The number of nitrogens with two attached hydrogens (primary N) is 1. The summed E-state index contributed by atoms with van der Waals surface area (Å²) in [4.78, 5) is 20.0. The number of amidine groups is 1. The molecule has 3 N–H and O–H groups in total. The van der Waals surface area contributed by atoms with E-state index in [4.69, 9.17) is 10.6 Å². The van der Waals surface area contributed by atoms with Gasteiger partial charge in [0.05, 0.1) is 5.92 Å². The highest BCUT2D eigenvalue weighted by atomic mass is 16.7. The van der Waals surface area contributed by atoms with E-state index in [0.717, 1.165) is 5.56 Å². The fourth-order valence-electron chi connectivity index (χ4n) is 1.99. The Hall–Kier alpha value is -2.69. The molecule has 0 saturated carbocycles. The van der Waals surface area contributed by atoms with E-state index in [1.807, 2.05) is 37.3 Å². The van der Waals surface area contributed by atoms with Crippen LogP contribution >= 0.6 is 0 Å². The molecule has 1 aromatic carbocycles. The predicted octanol–water partition coefficient (Wildman–Crippen LogP) is 1.86. The number of nitrogens with one attached hydrogen (secondary N) is 1. The van der Waals surface area contributed by atoms with Crippen molar-refractivity contribution in [3.05, 3.63) is 66.0 Å². The highest BCUT2D eigenvalue weighted by molar-refractivity contribution is 5.97. The lowest BCUT2D eigenvalue weighted by Gasteiger charge is -2.11. The van der Waals surface area contributed by atoms with Gasteiger partial charge in [0.15, 0.2) is 18.2 Å². The fourth-order valence-corrected chi connectivity index (χ4v) is 1.99. The third-order valence-corrected chi connectivity index (χ3v) is 3.14. The van der Waals surface area contributed by atoms with Gasteiger partial charge in [-0.1, -0.05) is 42.4 Å². The van der Waals surface area contributed by atoms with Gasteiger partial charge in [-0.05, 0) is 12.0 Å². The Bertz CT molecular complexity index is 612. The molecule has 0 aliphatic rings. The first-order valence-electron chi connectivity index (χ1n) is 6.78. The lowest BCUT2D eigenvalue weighted by molar-refractivity contribution is -0.378. The standard InChI is InChI=1S/C16H17N3O2/c1-2-14(12-6-4-3-5-7-12)16(20)21-19-15(17)13-8-10-18-11-9-13/h3-11,14H,2H2,1H3,(H2,17,19)/p+1/t14-/m1/s1. The zero-order chi connectivity index (χ0) is 15.1.